The lowest BCUT2D eigenvalue weighted by Crippen LogP contribution is -2.54. The molecule has 0 spiro atoms. The van der Waals surface area contributed by atoms with Crippen molar-refractivity contribution < 1.29 is 18.0 Å². The number of hydrogen-bond acceptors (Lipinski definition) is 4. The summed E-state index contributed by atoms with van der Waals surface area (Å²) in [5.41, 5.74) is 0.744. The van der Waals surface area contributed by atoms with E-state index in [0.29, 0.717) is 5.56 Å². The molecule has 3 rings (SSSR count). The first-order valence-corrected chi connectivity index (χ1v) is 10.2. The van der Waals surface area contributed by atoms with Crippen molar-refractivity contribution in [3.63, 3.8) is 0 Å². The molecule has 0 bridgehead atoms. The second-order valence-electron chi connectivity index (χ2n) is 7.68. The van der Waals surface area contributed by atoms with Crippen LogP contribution in [0.5, 0.6) is 0 Å². The minimum Gasteiger partial charge on any atom is -0.345 e. The normalized spacial score (nSPS) is 22.7. The molecule has 1 heterocycles. The van der Waals surface area contributed by atoms with Crippen LogP contribution in [0.1, 0.15) is 25.8 Å². The van der Waals surface area contributed by atoms with E-state index in [1.165, 1.54) is 9.21 Å². The molecule has 1 aromatic rings. The van der Waals surface area contributed by atoms with Crippen molar-refractivity contribution in [3.8, 4) is 0 Å². The molecule has 1 unspecified atom stereocenters. The molecule has 1 N–H and O–H groups in total. The highest BCUT2D eigenvalue weighted by Crippen LogP contribution is 2.44. The number of sulfonamides is 1. The third-order valence-corrected chi connectivity index (χ3v) is 7.31. The number of rotatable bonds is 3. The second-order valence-corrected chi connectivity index (χ2v) is 9.59. The van der Waals surface area contributed by atoms with E-state index in [1.807, 2.05) is 13.8 Å². The van der Waals surface area contributed by atoms with Gasteiger partial charge in [0.05, 0.1) is 4.90 Å². The van der Waals surface area contributed by atoms with Crippen LogP contribution in [-0.4, -0.2) is 61.7 Å². The zero-order valence-electron chi connectivity index (χ0n) is 15.4. The summed E-state index contributed by atoms with van der Waals surface area (Å²) in [4.78, 5) is 26.1. The maximum absolute atomic E-state index is 12.8. The molecule has 26 heavy (non-hydrogen) atoms. The molecule has 1 aliphatic carbocycles. The van der Waals surface area contributed by atoms with Crippen molar-refractivity contribution in [3.05, 3.63) is 29.8 Å². The Morgan fingerprint density at radius 2 is 1.69 bits per heavy atom. The maximum Gasteiger partial charge on any atom is 0.311 e. The van der Waals surface area contributed by atoms with Crippen LogP contribution in [0.3, 0.4) is 0 Å². The number of hydrogen-bond donors (Lipinski definition) is 1. The van der Waals surface area contributed by atoms with Gasteiger partial charge in [-0.25, -0.2) is 8.42 Å². The van der Waals surface area contributed by atoms with Gasteiger partial charge >= 0.3 is 11.8 Å². The largest absolute Gasteiger partial charge is 0.345 e. The lowest BCUT2D eigenvalue weighted by atomic mass is 10.2. The van der Waals surface area contributed by atoms with Gasteiger partial charge in [0.15, 0.2) is 0 Å². The third kappa shape index (κ3) is 3.61. The summed E-state index contributed by atoms with van der Waals surface area (Å²) in [5, 5.41) is 2.75. The molecule has 7 nitrogen and oxygen atoms in total. The van der Waals surface area contributed by atoms with E-state index in [1.54, 1.807) is 31.2 Å². The van der Waals surface area contributed by atoms with Crippen molar-refractivity contribution in [1.82, 2.24) is 14.5 Å². The number of benzene rings is 1. The van der Waals surface area contributed by atoms with Crippen LogP contribution >= 0.6 is 0 Å². The maximum atomic E-state index is 12.8. The van der Waals surface area contributed by atoms with Crippen molar-refractivity contribution in [2.45, 2.75) is 38.1 Å². The fourth-order valence-electron chi connectivity index (χ4n) is 3.19. The summed E-state index contributed by atoms with van der Waals surface area (Å²) in [6, 6.07) is 6.89. The van der Waals surface area contributed by atoms with E-state index < -0.39 is 21.8 Å². The van der Waals surface area contributed by atoms with E-state index in [4.69, 9.17) is 0 Å². The fraction of sp³-hybridized carbons (Fsp3) is 0.556. The number of aryl methyl sites for hydroxylation is 1. The molecule has 1 aromatic carbocycles. The first kappa shape index (κ1) is 18.8. The Morgan fingerprint density at radius 1 is 1.12 bits per heavy atom. The van der Waals surface area contributed by atoms with Gasteiger partial charge < -0.3 is 10.2 Å². The van der Waals surface area contributed by atoms with Crippen molar-refractivity contribution in [1.29, 1.82) is 0 Å². The summed E-state index contributed by atoms with van der Waals surface area (Å²) in [6.07, 6.45) is 0.870. The van der Waals surface area contributed by atoms with E-state index in [9.17, 15) is 18.0 Å². The van der Waals surface area contributed by atoms with Crippen LogP contribution in [-0.2, 0) is 19.6 Å². The first-order valence-electron chi connectivity index (χ1n) is 8.78. The molecule has 2 aliphatic rings. The topological polar surface area (TPSA) is 86.8 Å². The van der Waals surface area contributed by atoms with Crippen LogP contribution < -0.4 is 5.32 Å². The van der Waals surface area contributed by atoms with Crippen LogP contribution in [0.4, 0.5) is 0 Å². The van der Waals surface area contributed by atoms with Gasteiger partial charge in [-0.3, -0.25) is 9.59 Å². The highest BCUT2D eigenvalue weighted by atomic mass is 32.2. The summed E-state index contributed by atoms with van der Waals surface area (Å²) < 4.78 is 26.9. The minimum atomic E-state index is -3.59. The average molecular weight is 379 g/mol. The third-order valence-electron chi connectivity index (χ3n) is 5.25. The van der Waals surface area contributed by atoms with Crippen molar-refractivity contribution >= 4 is 21.8 Å². The van der Waals surface area contributed by atoms with E-state index in [-0.39, 0.29) is 42.5 Å². The summed E-state index contributed by atoms with van der Waals surface area (Å²) in [5.74, 6) is -1.18. The first-order chi connectivity index (χ1) is 12.1. The van der Waals surface area contributed by atoms with Gasteiger partial charge in [0, 0.05) is 32.2 Å². The van der Waals surface area contributed by atoms with Gasteiger partial charge in [-0.2, -0.15) is 4.31 Å². The number of nitrogens with zero attached hydrogens (tertiary/aromatic N) is 2. The van der Waals surface area contributed by atoms with Crippen LogP contribution in [0.2, 0.25) is 0 Å². The second kappa shape index (κ2) is 6.66. The molecule has 1 saturated heterocycles. The van der Waals surface area contributed by atoms with Crippen LogP contribution in [0, 0.1) is 12.3 Å². The highest BCUT2D eigenvalue weighted by molar-refractivity contribution is 7.89. The van der Waals surface area contributed by atoms with E-state index >= 15 is 0 Å². The summed E-state index contributed by atoms with van der Waals surface area (Å²) in [6.45, 7) is 6.64. The molecule has 1 saturated carbocycles. The molecule has 2 fully saturated rings. The lowest BCUT2D eigenvalue weighted by Gasteiger charge is -2.33. The van der Waals surface area contributed by atoms with Crippen LogP contribution in [0.15, 0.2) is 29.2 Å². The molecular formula is C18H25N3O4S. The lowest BCUT2D eigenvalue weighted by molar-refractivity contribution is -0.146. The fourth-order valence-corrected chi connectivity index (χ4v) is 4.84. The van der Waals surface area contributed by atoms with Crippen LogP contribution in [0.25, 0.3) is 0 Å². The van der Waals surface area contributed by atoms with Gasteiger partial charge in [-0.1, -0.05) is 32.0 Å². The molecule has 1 atom stereocenters. The smallest absolute Gasteiger partial charge is 0.311 e. The zero-order chi connectivity index (χ0) is 19.1. The Hall–Kier alpha value is -1.93. The number of carbonyl (C=O) groups excluding carboxylic acids is 2. The van der Waals surface area contributed by atoms with E-state index in [0.717, 1.165) is 6.42 Å². The van der Waals surface area contributed by atoms with Gasteiger partial charge in [0.1, 0.15) is 0 Å². The predicted molar refractivity (Wildman–Crippen MR) is 96.8 cm³/mol. The van der Waals surface area contributed by atoms with Gasteiger partial charge in [-0.15, -0.1) is 0 Å². The summed E-state index contributed by atoms with van der Waals surface area (Å²) in [7, 11) is -3.59. The Kier molecular flexibility index (Phi) is 4.83. The molecule has 142 valence electrons. The Bertz CT molecular complexity index is 827. The number of carbonyl (C=O) groups is 2. The van der Waals surface area contributed by atoms with Gasteiger partial charge in [0.2, 0.25) is 10.0 Å². The Balaban J connectivity index is 1.59. The predicted octanol–water partition coefficient (Wildman–Crippen LogP) is 0.743. The molecule has 0 aromatic heterocycles. The molecular weight excluding hydrogens is 354 g/mol. The van der Waals surface area contributed by atoms with E-state index in [2.05, 4.69) is 5.32 Å². The number of piperazine rings is 1. The SMILES string of the molecule is Cc1ccccc1S(=O)(=O)N1CCN(C(=O)C(=O)NC2CC2(C)C)CC1. The molecule has 8 heteroatoms. The zero-order valence-corrected chi connectivity index (χ0v) is 16.2. The molecule has 0 radical (unpaired) electrons. The Morgan fingerprint density at radius 3 is 2.23 bits per heavy atom. The average Bonchev–Trinajstić information content (AvgIpc) is 3.20. The van der Waals surface area contributed by atoms with Gasteiger partial charge in [0.25, 0.3) is 0 Å². The quantitative estimate of drug-likeness (QED) is 0.785. The standard InChI is InChI=1S/C18H25N3O4S/c1-13-6-4-5-7-14(13)26(24,25)21-10-8-20(9-11-21)17(23)16(22)19-15-12-18(15,2)3/h4-7,15H,8-12H2,1-3H3,(H,19,22). The highest BCUT2D eigenvalue weighted by Gasteiger charge is 2.47. The number of amides is 2. The molecule has 1 aliphatic heterocycles. The monoisotopic (exact) mass is 379 g/mol. The van der Waals surface area contributed by atoms with Crippen molar-refractivity contribution in [2.75, 3.05) is 26.2 Å². The van der Waals surface area contributed by atoms with Crippen molar-refractivity contribution in [2.24, 2.45) is 5.41 Å². The van der Waals surface area contributed by atoms with Gasteiger partial charge in [-0.05, 0) is 30.4 Å². The number of nitrogens with one attached hydrogen (secondary N) is 1. The minimum absolute atomic E-state index is 0.0432. The molecule has 2 amide bonds. The summed E-state index contributed by atoms with van der Waals surface area (Å²) >= 11 is 0. The Labute approximate surface area is 154 Å².